The number of rotatable bonds is 3. The SMILES string of the molecule is O=C(O)C1CN(C(=O)CC2CCCC2)CCO1. The average Bonchev–Trinajstić information content (AvgIpc) is 2.82. The summed E-state index contributed by atoms with van der Waals surface area (Å²) in [5.41, 5.74) is 0. The number of aliphatic carboxylic acids is 1. The molecule has 1 saturated carbocycles. The van der Waals surface area contributed by atoms with Crippen LogP contribution in [0.5, 0.6) is 0 Å². The van der Waals surface area contributed by atoms with E-state index in [-0.39, 0.29) is 12.5 Å². The summed E-state index contributed by atoms with van der Waals surface area (Å²) in [4.78, 5) is 24.4. The quantitative estimate of drug-likeness (QED) is 0.796. The Morgan fingerprint density at radius 2 is 2.00 bits per heavy atom. The summed E-state index contributed by atoms with van der Waals surface area (Å²) in [6, 6.07) is 0. The molecule has 0 aromatic heterocycles. The van der Waals surface area contributed by atoms with Crippen LogP contribution in [0.15, 0.2) is 0 Å². The van der Waals surface area contributed by atoms with Gasteiger partial charge in [-0.15, -0.1) is 0 Å². The zero-order valence-corrected chi connectivity index (χ0v) is 9.93. The number of hydrogen-bond donors (Lipinski definition) is 1. The fourth-order valence-electron chi connectivity index (χ4n) is 2.62. The van der Waals surface area contributed by atoms with Crippen molar-refractivity contribution in [2.24, 2.45) is 5.92 Å². The van der Waals surface area contributed by atoms with Crippen molar-refractivity contribution in [1.29, 1.82) is 0 Å². The zero-order valence-electron chi connectivity index (χ0n) is 9.93. The molecule has 0 aromatic carbocycles. The van der Waals surface area contributed by atoms with E-state index in [2.05, 4.69) is 0 Å². The molecule has 1 aliphatic heterocycles. The molecule has 5 nitrogen and oxygen atoms in total. The van der Waals surface area contributed by atoms with Gasteiger partial charge in [-0.2, -0.15) is 0 Å². The molecule has 0 spiro atoms. The predicted octanol–water partition coefficient (Wildman–Crippen LogP) is 0.879. The Labute approximate surface area is 101 Å². The molecule has 0 aromatic rings. The molecule has 2 fully saturated rings. The Balaban J connectivity index is 1.83. The summed E-state index contributed by atoms with van der Waals surface area (Å²) in [7, 11) is 0. The van der Waals surface area contributed by atoms with Crippen molar-refractivity contribution < 1.29 is 19.4 Å². The Hall–Kier alpha value is -1.10. The molecule has 1 saturated heterocycles. The van der Waals surface area contributed by atoms with Crippen LogP contribution in [0, 0.1) is 5.92 Å². The predicted molar refractivity (Wildman–Crippen MR) is 60.5 cm³/mol. The van der Waals surface area contributed by atoms with Gasteiger partial charge in [-0.25, -0.2) is 4.79 Å². The van der Waals surface area contributed by atoms with Crippen molar-refractivity contribution in [3.05, 3.63) is 0 Å². The lowest BCUT2D eigenvalue weighted by molar-refractivity contribution is -0.159. The van der Waals surface area contributed by atoms with Crippen molar-refractivity contribution >= 4 is 11.9 Å². The Morgan fingerprint density at radius 1 is 1.29 bits per heavy atom. The summed E-state index contributed by atoms with van der Waals surface area (Å²) in [5, 5.41) is 8.86. The monoisotopic (exact) mass is 241 g/mol. The molecule has 1 aliphatic carbocycles. The van der Waals surface area contributed by atoms with Crippen LogP contribution in [0.2, 0.25) is 0 Å². The minimum Gasteiger partial charge on any atom is -0.479 e. The average molecular weight is 241 g/mol. The largest absolute Gasteiger partial charge is 0.479 e. The van der Waals surface area contributed by atoms with Gasteiger partial charge in [-0.1, -0.05) is 12.8 Å². The van der Waals surface area contributed by atoms with Crippen molar-refractivity contribution in [1.82, 2.24) is 4.90 Å². The zero-order chi connectivity index (χ0) is 12.3. The van der Waals surface area contributed by atoms with Gasteiger partial charge in [-0.05, 0) is 18.8 Å². The first-order chi connectivity index (χ1) is 8.16. The van der Waals surface area contributed by atoms with E-state index in [0.717, 1.165) is 12.8 Å². The van der Waals surface area contributed by atoms with Gasteiger partial charge >= 0.3 is 5.97 Å². The lowest BCUT2D eigenvalue weighted by atomic mass is 10.0. The van der Waals surface area contributed by atoms with Gasteiger partial charge in [0.2, 0.25) is 5.91 Å². The number of carbonyl (C=O) groups is 2. The van der Waals surface area contributed by atoms with E-state index >= 15 is 0 Å². The normalized spacial score (nSPS) is 26.1. The molecule has 1 amide bonds. The topological polar surface area (TPSA) is 66.8 Å². The van der Waals surface area contributed by atoms with E-state index < -0.39 is 12.1 Å². The molecule has 1 N–H and O–H groups in total. The number of morpholine rings is 1. The molecular weight excluding hydrogens is 222 g/mol. The molecule has 1 atom stereocenters. The van der Waals surface area contributed by atoms with Crippen LogP contribution in [-0.2, 0) is 14.3 Å². The van der Waals surface area contributed by atoms with E-state index in [1.165, 1.54) is 12.8 Å². The summed E-state index contributed by atoms with van der Waals surface area (Å²) in [5.74, 6) is -0.386. The van der Waals surface area contributed by atoms with E-state index in [4.69, 9.17) is 9.84 Å². The highest BCUT2D eigenvalue weighted by Gasteiger charge is 2.30. The van der Waals surface area contributed by atoms with Gasteiger partial charge in [0.15, 0.2) is 6.10 Å². The maximum absolute atomic E-state index is 12.0. The molecule has 1 unspecified atom stereocenters. The molecule has 17 heavy (non-hydrogen) atoms. The molecule has 0 radical (unpaired) electrons. The Morgan fingerprint density at radius 3 is 2.65 bits per heavy atom. The maximum Gasteiger partial charge on any atom is 0.334 e. The molecular formula is C12H19NO4. The van der Waals surface area contributed by atoms with Crippen LogP contribution in [-0.4, -0.2) is 47.7 Å². The molecule has 96 valence electrons. The van der Waals surface area contributed by atoms with E-state index in [1.807, 2.05) is 0 Å². The number of carboxylic acids is 1. The van der Waals surface area contributed by atoms with Crippen molar-refractivity contribution in [2.45, 2.75) is 38.2 Å². The second-order valence-corrected chi connectivity index (χ2v) is 4.89. The van der Waals surface area contributed by atoms with Gasteiger partial charge in [0.25, 0.3) is 0 Å². The second kappa shape index (κ2) is 5.49. The van der Waals surface area contributed by atoms with Gasteiger partial charge in [0.05, 0.1) is 13.2 Å². The number of carboxylic acid groups (broad SMARTS) is 1. The Kier molecular flexibility index (Phi) is 3.99. The van der Waals surface area contributed by atoms with Crippen LogP contribution in [0.4, 0.5) is 0 Å². The fourth-order valence-corrected chi connectivity index (χ4v) is 2.62. The second-order valence-electron chi connectivity index (χ2n) is 4.89. The van der Waals surface area contributed by atoms with Crippen molar-refractivity contribution in [3.63, 3.8) is 0 Å². The third-order valence-corrected chi connectivity index (χ3v) is 3.63. The standard InChI is InChI=1S/C12H19NO4/c14-11(7-9-3-1-2-4-9)13-5-6-17-10(8-13)12(15)16/h9-10H,1-8H2,(H,15,16). The maximum atomic E-state index is 12.0. The first-order valence-corrected chi connectivity index (χ1v) is 6.29. The first-order valence-electron chi connectivity index (χ1n) is 6.29. The number of hydrogen-bond acceptors (Lipinski definition) is 3. The minimum atomic E-state index is -0.983. The van der Waals surface area contributed by atoms with Gasteiger partial charge in [-0.3, -0.25) is 4.79 Å². The van der Waals surface area contributed by atoms with Crippen LogP contribution in [0.3, 0.4) is 0 Å². The van der Waals surface area contributed by atoms with Crippen LogP contribution >= 0.6 is 0 Å². The lowest BCUT2D eigenvalue weighted by Crippen LogP contribution is -2.48. The Bertz CT molecular complexity index is 299. The highest BCUT2D eigenvalue weighted by Crippen LogP contribution is 2.28. The molecule has 1 heterocycles. The third kappa shape index (κ3) is 3.19. The van der Waals surface area contributed by atoms with Crippen molar-refractivity contribution in [2.75, 3.05) is 19.7 Å². The summed E-state index contributed by atoms with van der Waals surface area (Å²) < 4.78 is 5.10. The van der Waals surface area contributed by atoms with Crippen LogP contribution in [0.1, 0.15) is 32.1 Å². The van der Waals surface area contributed by atoms with E-state index in [9.17, 15) is 9.59 Å². The molecule has 5 heteroatoms. The van der Waals surface area contributed by atoms with Crippen molar-refractivity contribution in [3.8, 4) is 0 Å². The lowest BCUT2D eigenvalue weighted by Gasteiger charge is -2.31. The fraction of sp³-hybridized carbons (Fsp3) is 0.833. The van der Waals surface area contributed by atoms with Gasteiger partial charge in [0, 0.05) is 13.0 Å². The van der Waals surface area contributed by atoms with Crippen LogP contribution in [0.25, 0.3) is 0 Å². The van der Waals surface area contributed by atoms with E-state index in [0.29, 0.717) is 25.5 Å². The highest BCUT2D eigenvalue weighted by atomic mass is 16.5. The van der Waals surface area contributed by atoms with E-state index in [1.54, 1.807) is 4.90 Å². The summed E-state index contributed by atoms with van der Waals surface area (Å²) in [6.45, 7) is 1.05. The highest BCUT2D eigenvalue weighted by molar-refractivity contribution is 5.78. The summed E-state index contributed by atoms with van der Waals surface area (Å²) >= 11 is 0. The number of nitrogens with zero attached hydrogens (tertiary/aromatic N) is 1. The molecule has 0 bridgehead atoms. The molecule has 2 aliphatic rings. The minimum absolute atomic E-state index is 0.0893. The van der Waals surface area contributed by atoms with Crippen LogP contribution < -0.4 is 0 Å². The smallest absolute Gasteiger partial charge is 0.334 e. The number of carbonyl (C=O) groups excluding carboxylic acids is 1. The number of ether oxygens (including phenoxy) is 1. The van der Waals surface area contributed by atoms with Gasteiger partial charge in [0.1, 0.15) is 0 Å². The third-order valence-electron chi connectivity index (χ3n) is 3.63. The first kappa shape index (κ1) is 12.4. The number of amides is 1. The van der Waals surface area contributed by atoms with Gasteiger partial charge < -0.3 is 14.7 Å². The summed E-state index contributed by atoms with van der Waals surface area (Å²) in [6.07, 6.45) is 4.44. The molecule has 2 rings (SSSR count).